The van der Waals surface area contributed by atoms with E-state index in [2.05, 4.69) is 190 Å². The van der Waals surface area contributed by atoms with Crippen molar-refractivity contribution in [2.24, 2.45) is 0 Å². The quantitative estimate of drug-likeness (QED) is 0.180. The van der Waals surface area contributed by atoms with E-state index >= 15 is 0 Å². The molecule has 12 rings (SSSR count). The van der Waals surface area contributed by atoms with Gasteiger partial charge < -0.3 is 13.7 Å². The van der Waals surface area contributed by atoms with Gasteiger partial charge in [0.15, 0.2) is 5.58 Å². The van der Waals surface area contributed by atoms with Crippen molar-refractivity contribution in [2.45, 2.75) is 38.5 Å². The Hall–Kier alpha value is -6.84. The molecule has 0 fully saturated rings. The van der Waals surface area contributed by atoms with Crippen LogP contribution >= 0.6 is 0 Å². The van der Waals surface area contributed by atoms with Crippen LogP contribution < -0.4 is 4.90 Å². The van der Waals surface area contributed by atoms with Crippen molar-refractivity contribution in [1.82, 2.24) is 0 Å². The fraction of sp³-hybridized carbons (Fsp3) is 0.111. The fourth-order valence-corrected chi connectivity index (χ4v) is 10.3. The monoisotopic (exact) mass is 733 g/mol. The number of fused-ring (bicyclic) bond motifs is 13. The predicted octanol–water partition coefficient (Wildman–Crippen LogP) is 15.2. The number of para-hydroxylation sites is 3. The van der Waals surface area contributed by atoms with Crippen molar-refractivity contribution in [3.05, 3.63) is 186 Å². The molecule has 0 bridgehead atoms. The van der Waals surface area contributed by atoms with E-state index in [1.54, 1.807) is 0 Å². The summed E-state index contributed by atoms with van der Waals surface area (Å²) in [6.07, 6.45) is 0. The van der Waals surface area contributed by atoms with Gasteiger partial charge in [-0.1, -0.05) is 161 Å². The SMILES string of the molecule is CC1(C)c2ccccc2-c2c(N(c3ccc(-c4cccc5c4oc4c6c(ccc45)C(C)(C)c4ccccc4-6)cc3)c3cccc4c3oc3ccccc34)cccc21. The molecule has 3 heteroatoms. The van der Waals surface area contributed by atoms with Crippen molar-refractivity contribution in [3.63, 3.8) is 0 Å². The van der Waals surface area contributed by atoms with Crippen molar-refractivity contribution in [2.75, 3.05) is 4.90 Å². The van der Waals surface area contributed by atoms with Gasteiger partial charge in [-0.05, 0) is 69.3 Å². The van der Waals surface area contributed by atoms with Crippen LogP contribution in [0.3, 0.4) is 0 Å². The highest BCUT2D eigenvalue weighted by molar-refractivity contribution is 6.15. The van der Waals surface area contributed by atoms with E-state index in [0.717, 1.165) is 72.1 Å². The smallest absolute Gasteiger partial charge is 0.159 e. The van der Waals surface area contributed by atoms with Gasteiger partial charge in [-0.25, -0.2) is 0 Å². The summed E-state index contributed by atoms with van der Waals surface area (Å²) in [5.74, 6) is 0. The Morgan fingerprint density at radius 1 is 0.368 bits per heavy atom. The summed E-state index contributed by atoms with van der Waals surface area (Å²) in [6, 6.07) is 59.4. The first-order valence-corrected chi connectivity index (χ1v) is 19.9. The maximum absolute atomic E-state index is 7.00. The summed E-state index contributed by atoms with van der Waals surface area (Å²) in [7, 11) is 0. The van der Waals surface area contributed by atoms with Crippen molar-refractivity contribution < 1.29 is 8.83 Å². The van der Waals surface area contributed by atoms with Gasteiger partial charge in [0.1, 0.15) is 16.7 Å². The summed E-state index contributed by atoms with van der Waals surface area (Å²) >= 11 is 0. The molecule has 0 aliphatic heterocycles. The van der Waals surface area contributed by atoms with Gasteiger partial charge in [0.25, 0.3) is 0 Å². The minimum absolute atomic E-state index is 0.0902. The number of furan rings is 2. The first-order chi connectivity index (χ1) is 27.8. The molecule has 2 heterocycles. The number of hydrogen-bond acceptors (Lipinski definition) is 3. The highest BCUT2D eigenvalue weighted by Gasteiger charge is 2.39. The highest BCUT2D eigenvalue weighted by atomic mass is 16.3. The second-order valence-corrected chi connectivity index (χ2v) is 16.8. The summed E-state index contributed by atoms with van der Waals surface area (Å²) in [5.41, 5.74) is 19.2. The van der Waals surface area contributed by atoms with Crippen LogP contribution in [0.25, 0.3) is 77.3 Å². The molecular formula is C54H39NO2. The minimum Gasteiger partial charge on any atom is -0.455 e. The van der Waals surface area contributed by atoms with Gasteiger partial charge in [0.2, 0.25) is 0 Å². The van der Waals surface area contributed by atoms with Gasteiger partial charge in [0.05, 0.1) is 11.4 Å². The van der Waals surface area contributed by atoms with Crippen LogP contribution in [0.1, 0.15) is 49.9 Å². The largest absolute Gasteiger partial charge is 0.455 e. The zero-order valence-electron chi connectivity index (χ0n) is 32.4. The Morgan fingerprint density at radius 2 is 0.912 bits per heavy atom. The van der Waals surface area contributed by atoms with E-state index in [0.29, 0.717) is 0 Å². The topological polar surface area (TPSA) is 29.5 Å². The molecule has 272 valence electrons. The third-order valence-corrected chi connectivity index (χ3v) is 13.1. The molecule has 0 N–H and O–H groups in total. The van der Waals surface area contributed by atoms with Gasteiger partial charge >= 0.3 is 0 Å². The molecule has 0 amide bonds. The number of nitrogens with zero attached hydrogens (tertiary/aromatic N) is 1. The Kier molecular flexibility index (Phi) is 6.46. The van der Waals surface area contributed by atoms with E-state index in [4.69, 9.17) is 8.83 Å². The Bertz CT molecular complexity index is 3300. The molecule has 2 aliphatic carbocycles. The Balaban J connectivity index is 1.06. The molecule has 3 nitrogen and oxygen atoms in total. The van der Waals surface area contributed by atoms with Gasteiger partial charge in [-0.2, -0.15) is 0 Å². The zero-order chi connectivity index (χ0) is 38.2. The average Bonchev–Trinajstić information content (AvgIpc) is 3.95. The highest BCUT2D eigenvalue weighted by Crippen LogP contribution is 2.56. The lowest BCUT2D eigenvalue weighted by Gasteiger charge is -2.29. The molecule has 2 aromatic heterocycles. The van der Waals surface area contributed by atoms with Gasteiger partial charge in [0, 0.05) is 54.8 Å². The van der Waals surface area contributed by atoms with E-state index < -0.39 is 0 Å². The maximum atomic E-state index is 7.00. The standard InChI is InChI=1S/C54H39NO2/c1-53(2)41-20-8-5-15-39(41)48-43(53)22-13-23-45(48)55(46-24-12-19-36-35-14-7-10-25-47(35)56-51(36)46)33-28-26-32(27-29-33)34-17-11-18-37-38-30-31-44-49(52(38)57-50(34)37)40-16-6-9-21-42(40)54(44,3)4/h5-31H,1-4H3. The lowest BCUT2D eigenvalue weighted by Crippen LogP contribution is -2.16. The van der Waals surface area contributed by atoms with Crippen molar-refractivity contribution >= 4 is 60.9 Å². The van der Waals surface area contributed by atoms with E-state index in [1.165, 1.54) is 44.5 Å². The van der Waals surface area contributed by atoms with Crippen LogP contribution in [0.5, 0.6) is 0 Å². The number of anilines is 3. The number of hydrogen-bond donors (Lipinski definition) is 0. The summed E-state index contributed by atoms with van der Waals surface area (Å²) in [5, 5.41) is 4.51. The molecular weight excluding hydrogens is 695 g/mol. The third kappa shape index (κ3) is 4.32. The van der Waals surface area contributed by atoms with E-state index in [1.807, 2.05) is 6.07 Å². The summed E-state index contributed by atoms with van der Waals surface area (Å²) in [6.45, 7) is 9.32. The molecule has 8 aromatic carbocycles. The number of rotatable bonds is 4. The van der Waals surface area contributed by atoms with Crippen LogP contribution in [0, 0.1) is 0 Å². The first kappa shape index (κ1) is 32.4. The van der Waals surface area contributed by atoms with Crippen LogP contribution in [-0.2, 0) is 10.8 Å². The van der Waals surface area contributed by atoms with Crippen molar-refractivity contribution in [1.29, 1.82) is 0 Å². The maximum Gasteiger partial charge on any atom is 0.159 e. The molecule has 2 aliphatic rings. The van der Waals surface area contributed by atoms with Crippen molar-refractivity contribution in [3.8, 4) is 33.4 Å². The summed E-state index contributed by atoms with van der Waals surface area (Å²) in [4.78, 5) is 2.40. The molecule has 0 spiro atoms. The normalized spacial score (nSPS) is 14.6. The number of benzene rings is 8. The van der Waals surface area contributed by atoms with Crippen LogP contribution in [-0.4, -0.2) is 0 Å². The van der Waals surface area contributed by atoms with E-state index in [-0.39, 0.29) is 10.8 Å². The molecule has 0 saturated carbocycles. The average molecular weight is 734 g/mol. The lowest BCUT2D eigenvalue weighted by atomic mass is 9.82. The minimum atomic E-state index is -0.133. The van der Waals surface area contributed by atoms with Gasteiger partial charge in [-0.15, -0.1) is 0 Å². The third-order valence-electron chi connectivity index (χ3n) is 13.1. The van der Waals surface area contributed by atoms with Crippen LogP contribution in [0.2, 0.25) is 0 Å². The zero-order valence-corrected chi connectivity index (χ0v) is 32.4. The van der Waals surface area contributed by atoms with Crippen LogP contribution in [0.15, 0.2) is 173 Å². The molecule has 0 radical (unpaired) electrons. The molecule has 10 aromatic rings. The van der Waals surface area contributed by atoms with E-state index in [9.17, 15) is 0 Å². The summed E-state index contributed by atoms with van der Waals surface area (Å²) < 4.78 is 13.7. The molecule has 0 saturated heterocycles. The second kappa shape index (κ2) is 11.4. The fourth-order valence-electron chi connectivity index (χ4n) is 10.3. The lowest BCUT2D eigenvalue weighted by molar-refractivity contribution is 0.653. The molecule has 0 unspecified atom stereocenters. The molecule has 0 atom stereocenters. The molecule has 57 heavy (non-hydrogen) atoms. The Labute approximate surface area is 331 Å². The van der Waals surface area contributed by atoms with Crippen LogP contribution in [0.4, 0.5) is 17.1 Å². The predicted molar refractivity (Wildman–Crippen MR) is 236 cm³/mol. The Morgan fingerprint density at radius 3 is 1.68 bits per heavy atom. The van der Waals surface area contributed by atoms with Gasteiger partial charge in [-0.3, -0.25) is 0 Å². The second-order valence-electron chi connectivity index (χ2n) is 16.8. The first-order valence-electron chi connectivity index (χ1n) is 19.9.